The highest BCUT2D eigenvalue weighted by atomic mass is 16.3. The zero-order valence-corrected chi connectivity index (χ0v) is 8.18. The Morgan fingerprint density at radius 1 is 1.47 bits per heavy atom. The van der Waals surface area contributed by atoms with Gasteiger partial charge in [-0.3, -0.25) is 4.79 Å². The highest BCUT2D eigenvalue weighted by Gasteiger charge is 2.11. The molecule has 0 heterocycles. The van der Waals surface area contributed by atoms with Crippen LogP contribution in [-0.2, 0) is 6.42 Å². The van der Waals surface area contributed by atoms with Gasteiger partial charge in [0, 0.05) is 11.6 Å². The molecule has 1 aromatic carbocycles. The van der Waals surface area contributed by atoms with E-state index in [1.807, 2.05) is 0 Å². The molecule has 1 rings (SSSR count). The van der Waals surface area contributed by atoms with Gasteiger partial charge in [-0.1, -0.05) is 6.07 Å². The van der Waals surface area contributed by atoms with Crippen LogP contribution in [0.5, 0.6) is 5.75 Å². The van der Waals surface area contributed by atoms with Crippen LogP contribution in [0.4, 0.5) is 0 Å². The van der Waals surface area contributed by atoms with Crippen LogP contribution in [0.1, 0.15) is 15.9 Å². The van der Waals surface area contributed by atoms with Crippen LogP contribution < -0.4 is 11.5 Å². The number of aliphatic hydroxyl groups is 1. The number of hydrogen-bond acceptors (Lipinski definition) is 4. The van der Waals surface area contributed by atoms with E-state index in [0.29, 0.717) is 12.0 Å². The zero-order chi connectivity index (χ0) is 11.4. The van der Waals surface area contributed by atoms with Gasteiger partial charge in [-0.25, -0.2) is 0 Å². The summed E-state index contributed by atoms with van der Waals surface area (Å²) < 4.78 is 0. The Morgan fingerprint density at radius 3 is 2.67 bits per heavy atom. The Balaban J connectivity index is 3.01. The van der Waals surface area contributed by atoms with E-state index in [9.17, 15) is 9.90 Å². The summed E-state index contributed by atoms with van der Waals surface area (Å²) in [5.74, 6) is -0.642. The molecule has 0 aliphatic carbocycles. The normalized spacial score (nSPS) is 12.4. The van der Waals surface area contributed by atoms with Crippen molar-refractivity contribution in [2.45, 2.75) is 12.5 Å². The molecule has 1 atom stereocenters. The minimum atomic E-state index is -0.619. The number of carbonyl (C=O) groups excluding carboxylic acids is 1. The van der Waals surface area contributed by atoms with Gasteiger partial charge in [0.25, 0.3) is 0 Å². The standard InChI is InChI=1S/C10H14N2O3/c11-7(5-13)3-6-1-2-8(14)4-9(6)10(12)15/h1-2,4,7,13-14H,3,5,11H2,(H2,12,15)/t7-/m0/s1. The lowest BCUT2D eigenvalue weighted by molar-refractivity contribution is 0.0998. The Kier molecular flexibility index (Phi) is 3.65. The third-order valence-corrected chi connectivity index (χ3v) is 2.08. The molecule has 5 nitrogen and oxygen atoms in total. The molecule has 0 spiro atoms. The van der Waals surface area contributed by atoms with E-state index in [-0.39, 0.29) is 17.9 Å². The first-order chi connectivity index (χ1) is 7.04. The first kappa shape index (κ1) is 11.5. The molecule has 0 bridgehead atoms. The van der Waals surface area contributed by atoms with Gasteiger partial charge in [0.1, 0.15) is 5.75 Å². The van der Waals surface area contributed by atoms with E-state index in [0.717, 1.165) is 0 Å². The van der Waals surface area contributed by atoms with Crippen molar-refractivity contribution in [3.63, 3.8) is 0 Å². The van der Waals surface area contributed by atoms with Crippen LogP contribution in [0.3, 0.4) is 0 Å². The molecule has 6 N–H and O–H groups in total. The fraction of sp³-hybridized carbons (Fsp3) is 0.300. The molecule has 0 saturated carbocycles. The van der Waals surface area contributed by atoms with Crippen molar-refractivity contribution >= 4 is 5.91 Å². The van der Waals surface area contributed by atoms with Crippen LogP contribution in [0.25, 0.3) is 0 Å². The van der Waals surface area contributed by atoms with E-state index in [1.54, 1.807) is 6.07 Å². The largest absolute Gasteiger partial charge is 0.508 e. The average Bonchev–Trinajstić information content (AvgIpc) is 2.20. The van der Waals surface area contributed by atoms with Crippen LogP contribution in [-0.4, -0.2) is 28.8 Å². The van der Waals surface area contributed by atoms with Gasteiger partial charge in [-0.15, -0.1) is 0 Å². The lowest BCUT2D eigenvalue weighted by atomic mass is 10.00. The molecule has 15 heavy (non-hydrogen) atoms. The maximum atomic E-state index is 11.1. The second kappa shape index (κ2) is 4.77. The summed E-state index contributed by atoms with van der Waals surface area (Å²) in [6, 6.07) is 3.88. The van der Waals surface area contributed by atoms with Gasteiger partial charge in [-0.05, 0) is 24.1 Å². The van der Waals surface area contributed by atoms with Gasteiger partial charge in [0.15, 0.2) is 0 Å². The summed E-state index contributed by atoms with van der Waals surface area (Å²) in [5, 5.41) is 18.0. The summed E-state index contributed by atoms with van der Waals surface area (Å²) in [5.41, 5.74) is 11.6. The number of primary amides is 1. The lowest BCUT2D eigenvalue weighted by Crippen LogP contribution is -2.28. The van der Waals surface area contributed by atoms with Gasteiger partial charge < -0.3 is 21.7 Å². The van der Waals surface area contributed by atoms with E-state index < -0.39 is 11.9 Å². The molecule has 0 unspecified atom stereocenters. The van der Waals surface area contributed by atoms with Gasteiger partial charge in [-0.2, -0.15) is 0 Å². The number of hydrogen-bond donors (Lipinski definition) is 4. The van der Waals surface area contributed by atoms with E-state index in [4.69, 9.17) is 16.6 Å². The van der Waals surface area contributed by atoms with E-state index >= 15 is 0 Å². The fourth-order valence-electron chi connectivity index (χ4n) is 1.32. The number of aliphatic hydroxyl groups excluding tert-OH is 1. The molecule has 0 aromatic heterocycles. The number of amides is 1. The van der Waals surface area contributed by atoms with Crippen LogP contribution in [0.2, 0.25) is 0 Å². The minimum Gasteiger partial charge on any atom is -0.508 e. The Morgan fingerprint density at radius 2 is 2.13 bits per heavy atom. The molecule has 0 fully saturated rings. The first-order valence-corrected chi connectivity index (χ1v) is 4.52. The zero-order valence-electron chi connectivity index (χ0n) is 8.18. The molecule has 82 valence electrons. The SMILES string of the molecule is NC(=O)c1cc(O)ccc1C[C@H](N)CO. The first-order valence-electron chi connectivity index (χ1n) is 4.52. The maximum Gasteiger partial charge on any atom is 0.249 e. The Labute approximate surface area is 87.3 Å². The number of nitrogens with two attached hydrogens (primary N) is 2. The molecule has 1 amide bonds. The number of carbonyl (C=O) groups is 1. The van der Waals surface area contributed by atoms with Crippen molar-refractivity contribution in [1.82, 2.24) is 0 Å². The summed E-state index contributed by atoms with van der Waals surface area (Å²) in [6.45, 7) is -0.168. The van der Waals surface area contributed by atoms with E-state index in [2.05, 4.69) is 0 Å². The number of aromatic hydroxyl groups is 1. The van der Waals surface area contributed by atoms with Gasteiger partial charge >= 0.3 is 0 Å². The number of rotatable bonds is 4. The molecule has 0 saturated heterocycles. The lowest BCUT2D eigenvalue weighted by Gasteiger charge is -2.11. The topological polar surface area (TPSA) is 110 Å². The molecule has 0 aliphatic heterocycles. The van der Waals surface area contributed by atoms with Crippen molar-refractivity contribution in [3.8, 4) is 5.75 Å². The summed E-state index contributed by atoms with van der Waals surface area (Å²) >= 11 is 0. The van der Waals surface area contributed by atoms with E-state index in [1.165, 1.54) is 12.1 Å². The van der Waals surface area contributed by atoms with Gasteiger partial charge in [0.05, 0.1) is 6.61 Å². The third-order valence-electron chi connectivity index (χ3n) is 2.08. The van der Waals surface area contributed by atoms with Crippen molar-refractivity contribution in [1.29, 1.82) is 0 Å². The number of phenolic OH excluding ortho intramolecular Hbond substituents is 1. The van der Waals surface area contributed by atoms with Gasteiger partial charge in [0.2, 0.25) is 5.91 Å². The summed E-state index contributed by atoms with van der Waals surface area (Å²) in [4.78, 5) is 11.1. The monoisotopic (exact) mass is 210 g/mol. The molecular weight excluding hydrogens is 196 g/mol. The minimum absolute atomic E-state index is 0.0230. The smallest absolute Gasteiger partial charge is 0.249 e. The highest BCUT2D eigenvalue weighted by molar-refractivity contribution is 5.94. The predicted octanol–water partition coefficient (Wildman–Crippen LogP) is -0.647. The summed E-state index contributed by atoms with van der Waals surface area (Å²) in [6.07, 6.45) is 0.342. The average molecular weight is 210 g/mol. The summed E-state index contributed by atoms with van der Waals surface area (Å²) in [7, 11) is 0. The predicted molar refractivity (Wildman–Crippen MR) is 55.4 cm³/mol. The van der Waals surface area contributed by atoms with Crippen molar-refractivity contribution in [2.75, 3.05) is 6.61 Å². The van der Waals surface area contributed by atoms with Crippen LogP contribution in [0, 0.1) is 0 Å². The molecule has 1 aromatic rings. The fourth-order valence-corrected chi connectivity index (χ4v) is 1.32. The second-order valence-corrected chi connectivity index (χ2v) is 3.35. The second-order valence-electron chi connectivity index (χ2n) is 3.35. The Bertz CT molecular complexity index is 366. The number of phenols is 1. The Hall–Kier alpha value is -1.59. The number of benzene rings is 1. The molecule has 0 radical (unpaired) electrons. The highest BCUT2D eigenvalue weighted by Crippen LogP contribution is 2.17. The quantitative estimate of drug-likeness (QED) is 0.529. The molecular formula is C10H14N2O3. The maximum absolute atomic E-state index is 11.1. The third kappa shape index (κ3) is 2.93. The molecule has 5 heteroatoms. The van der Waals surface area contributed by atoms with Crippen molar-refractivity contribution < 1.29 is 15.0 Å². The van der Waals surface area contributed by atoms with Crippen LogP contribution in [0.15, 0.2) is 18.2 Å². The molecule has 0 aliphatic rings. The van der Waals surface area contributed by atoms with Crippen LogP contribution >= 0.6 is 0 Å². The van der Waals surface area contributed by atoms with Crippen molar-refractivity contribution in [2.24, 2.45) is 11.5 Å². The van der Waals surface area contributed by atoms with Crippen molar-refractivity contribution in [3.05, 3.63) is 29.3 Å².